The highest BCUT2D eigenvalue weighted by molar-refractivity contribution is 5.28. The lowest BCUT2D eigenvalue weighted by atomic mass is 10.4. The molecule has 0 aromatic carbocycles. The van der Waals surface area contributed by atoms with Gasteiger partial charge in [-0.1, -0.05) is 0 Å². The maximum absolute atomic E-state index is 5.63. The van der Waals surface area contributed by atoms with E-state index in [1.54, 1.807) is 10.9 Å². The molecule has 0 aliphatic heterocycles. The van der Waals surface area contributed by atoms with Crippen molar-refractivity contribution in [3.8, 4) is 5.82 Å². The van der Waals surface area contributed by atoms with Gasteiger partial charge in [-0.25, -0.2) is 4.98 Å². The second-order valence-corrected chi connectivity index (χ2v) is 3.51. The average Bonchev–Trinajstić information content (AvgIpc) is 2.69. The Bertz CT molecular complexity index is 480. The summed E-state index contributed by atoms with van der Waals surface area (Å²) in [6.07, 6.45) is 1.80. The van der Waals surface area contributed by atoms with Crippen LogP contribution in [0, 0.1) is 19.9 Å². The van der Waals surface area contributed by atoms with Gasteiger partial charge >= 0.3 is 0 Å². The van der Waals surface area contributed by atoms with Crippen molar-refractivity contribution in [3.05, 3.63) is 29.5 Å². The first-order valence-electron chi connectivity index (χ1n) is 4.80. The van der Waals surface area contributed by atoms with Crippen LogP contribution >= 0.6 is 0 Å². The third-order valence-corrected chi connectivity index (χ3v) is 2.30. The van der Waals surface area contributed by atoms with Crippen LogP contribution in [0.5, 0.6) is 0 Å². The Labute approximate surface area is 88.5 Å². The van der Waals surface area contributed by atoms with Gasteiger partial charge in [0, 0.05) is 18.9 Å². The lowest BCUT2D eigenvalue weighted by Crippen LogP contribution is -2.11. The van der Waals surface area contributed by atoms with Crippen LogP contribution in [0.25, 0.3) is 5.82 Å². The molecule has 79 valence electrons. The first-order valence-corrected chi connectivity index (χ1v) is 4.80. The van der Waals surface area contributed by atoms with E-state index >= 15 is 0 Å². The molecule has 0 amide bonds. The predicted octanol–water partition coefficient (Wildman–Crippen LogP) is 0.482. The molecule has 2 N–H and O–H groups in total. The summed E-state index contributed by atoms with van der Waals surface area (Å²) in [7, 11) is 1.89. The van der Waals surface area contributed by atoms with E-state index in [4.69, 9.17) is 5.73 Å². The molecule has 2 rings (SSSR count). The number of imidazole rings is 1. The number of nitrogens with two attached hydrogens (primary N) is 1. The summed E-state index contributed by atoms with van der Waals surface area (Å²) in [6, 6.07) is 3.18. The molecule has 5 nitrogen and oxygen atoms in total. The molecular weight excluding hydrogens is 190 g/mol. The third-order valence-electron chi connectivity index (χ3n) is 2.30. The summed E-state index contributed by atoms with van der Waals surface area (Å²) in [5, 5.41) is 4.26. The number of hydrogen-bond donors (Lipinski definition) is 1. The van der Waals surface area contributed by atoms with Crippen LogP contribution < -0.4 is 5.73 Å². The van der Waals surface area contributed by atoms with Gasteiger partial charge in [-0.2, -0.15) is 5.10 Å². The lowest BCUT2D eigenvalue weighted by Gasteiger charge is -2.07. The molecule has 0 saturated carbocycles. The zero-order valence-electron chi connectivity index (χ0n) is 9.15. The standard InChI is InChI=1S/C10H14N5/c1-7-4-10(14(3)13-7)15-8(2)6-12-9(15)5-11/h6H,5,11H2,1-3H3. The Morgan fingerprint density at radius 1 is 1.47 bits per heavy atom. The summed E-state index contributed by atoms with van der Waals surface area (Å²) in [5.41, 5.74) is 7.53. The van der Waals surface area contributed by atoms with Crippen molar-refractivity contribution < 1.29 is 0 Å². The number of nitrogens with zero attached hydrogens (tertiary/aromatic N) is 4. The van der Waals surface area contributed by atoms with Crippen molar-refractivity contribution in [2.45, 2.75) is 20.4 Å². The van der Waals surface area contributed by atoms with Crippen LogP contribution in [0.4, 0.5) is 0 Å². The van der Waals surface area contributed by atoms with Gasteiger partial charge in [-0.15, -0.1) is 0 Å². The van der Waals surface area contributed by atoms with E-state index in [1.807, 2.05) is 25.5 Å². The van der Waals surface area contributed by atoms with E-state index < -0.39 is 0 Å². The van der Waals surface area contributed by atoms with Crippen LogP contribution in [-0.4, -0.2) is 19.3 Å². The van der Waals surface area contributed by atoms with Gasteiger partial charge in [0.15, 0.2) is 0 Å². The molecule has 2 aromatic heterocycles. The molecular formula is C10H14N5. The van der Waals surface area contributed by atoms with E-state index in [9.17, 15) is 0 Å². The van der Waals surface area contributed by atoms with E-state index in [2.05, 4.69) is 16.1 Å². The van der Waals surface area contributed by atoms with Crippen LogP contribution in [-0.2, 0) is 13.6 Å². The molecule has 0 unspecified atom stereocenters. The van der Waals surface area contributed by atoms with E-state index in [0.717, 1.165) is 23.0 Å². The van der Waals surface area contributed by atoms with E-state index in [1.165, 1.54) is 0 Å². The molecule has 2 aromatic rings. The van der Waals surface area contributed by atoms with Crippen LogP contribution in [0.2, 0.25) is 0 Å². The summed E-state index contributed by atoms with van der Waals surface area (Å²) in [6.45, 7) is 4.31. The van der Waals surface area contributed by atoms with Gasteiger partial charge in [-0.3, -0.25) is 9.25 Å². The predicted molar refractivity (Wildman–Crippen MR) is 56.5 cm³/mol. The minimum Gasteiger partial charge on any atom is -0.324 e. The van der Waals surface area contributed by atoms with Gasteiger partial charge < -0.3 is 5.73 Å². The number of aryl methyl sites for hydroxylation is 3. The lowest BCUT2D eigenvalue weighted by molar-refractivity contribution is 0.700. The smallest absolute Gasteiger partial charge is 0.144 e. The third kappa shape index (κ3) is 1.55. The van der Waals surface area contributed by atoms with E-state index in [0.29, 0.717) is 6.54 Å². The van der Waals surface area contributed by atoms with Gasteiger partial charge in [0.05, 0.1) is 18.3 Å². The molecule has 0 atom stereocenters. The van der Waals surface area contributed by atoms with E-state index in [-0.39, 0.29) is 0 Å². The first kappa shape index (κ1) is 9.92. The summed E-state index contributed by atoms with van der Waals surface area (Å²) < 4.78 is 3.75. The van der Waals surface area contributed by atoms with Crippen LogP contribution in [0.15, 0.2) is 6.20 Å². The summed E-state index contributed by atoms with van der Waals surface area (Å²) in [4.78, 5) is 4.24. The first-order chi connectivity index (χ1) is 7.13. The fourth-order valence-corrected chi connectivity index (χ4v) is 1.66. The number of rotatable bonds is 2. The largest absolute Gasteiger partial charge is 0.324 e. The highest BCUT2D eigenvalue weighted by atomic mass is 15.3. The highest BCUT2D eigenvalue weighted by Crippen LogP contribution is 2.14. The zero-order valence-corrected chi connectivity index (χ0v) is 9.15. The fourth-order valence-electron chi connectivity index (χ4n) is 1.66. The van der Waals surface area contributed by atoms with Crippen molar-refractivity contribution in [3.63, 3.8) is 0 Å². The van der Waals surface area contributed by atoms with Crippen molar-refractivity contribution in [1.29, 1.82) is 0 Å². The van der Waals surface area contributed by atoms with Gasteiger partial charge in [-0.05, 0) is 13.8 Å². The topological polar surface area (TPSA) is 61.7 Å². The van der Waals surface area contributed by atoms with Crippen LogP contribution in [0.1, 0.15) is 17.2 Å². The van der Waals surface area contributed by atoms with Crippen molar-refractivity contribution in [2.24, 2.45) is 12.8 Å². The second kappa shape index (κ2) is 3.51. The maximum Gasteiger partial charge on any atom is 0.144 e. The second-order valence-electron chi connectivity index (χ2n) is 3.51. The Morgan fingerprint density at radius 3 is 2.73 bits per heavy atom. The van der Waals surface area contributed by atoms with Gasteiger partial charge in [0.25, 0.3) is 0 Å². The molecule has 15 heavy (non-hydrogen) atoms. The Morgan fingerprint density at radius 2 is 2.20 bits per heavy atom. The Hall–Kier alpha value is -1.62. The Balaban J connectivity index is 2.62. The minimum absolute atomic E-state index is 0.409. The fraction of sp³-hybridized carbons (Fsp3) is 0.400. The molecule has 0 spiro atoms. The average molecular weight is 204 g/mol. The van der Waals surface area contributed by atoms with Crippen molar-refractivity contribution in [1.82, 2.24) is 19.3 Å². The molecule has 1 radical (unpaired) electrons. The minimum atomic E-state index is 0.409. The highest BCUT2D eigenvalue weighted by Gasteiger charge is 2.11. The normalized spacial score (nSPS) is 10.9. The number of aromatic nitrogens is 4. The molecule has 2 heterocycles. The molecule has 0 aliphatic carbocycles. The monoisotopic (exact) mass is 204 g/mol. The van der Waals surface area contributed by atoms with Gasteiger partial charge in [0.1, 0.15) is 11.6 Å². The quantitative estimate of drug-likeness (QED) is 0.774. The molecule has 0 saturated heterocycles. The molecule has 5 heteroatoms. The molecule has 0 bridgehead atoms. The summed E-state index contributed by atoms with van der Waals surface area (Å²) in [5.74, 6) is 1.70. The maximum atomic E-state index is 5.63. The molecule has 0 aliphatic rings. The Kier molecular flexibility index (Phi) is 2.32. The van der Waals surface area contributed by atoms with Crippen molar-refractivity contribution >= 4 is 0 Å². The number of hydrogen-bond acceptors (Lipinski definition) is 3. The summed E-state index contributed by atoms with van der Waals surface area (Å²) >= 11 is 0. The molecule has 0 fully saturated rings. The van der Waals surface area contributed by atoms with Crippen LogP contribution in [0.3, 0.4) is 0 Å². The van der Waals surface area contributed by atoms with Gasteiger partial charge in [0.2, 0.25) is 0 Å². The zero-order chi connectivity index (χ0) is 11.0. The van der Waals surface area contributed by atoms with Crippen molar-refractivity contribution in [2.75, 3.05) is 0 Å². The SMILES string of the molecule is Cc1[c]c(-n2c(C)cnc2CN)n(C)n1.